The van der Waals surface area contributed by atoms with Gasteiger partial charge in [-0.1, -0.05) is 158 Å². The topological polar surface area (TPSA) is 42.0 Å². The van der Waals surface area contributed by atoms with Gasteiger partial charge in [-0.05, 0) is 105 Å². The molecule has 0 saturated carbocycles. The lowest BCUT2D eigenvalue weighted by molar-refractivity contribution is 1.06. The van der Waals surface area contributed by atoms with Crippen LogP contribution in [0.2, 0.25) is 0 Å². The fourth-order valence-corrected chi connectivity index (χ4v) is 9.16. The monoisotopic (exact) mass is 742 g/mol. The average Bonchev–Trinajstić information content (AvgIpc) is 3.96. The Morgan fingerprint density at radius 3 is 1.78 bits per heavy atom. The summed E-state index contributed by atoms with van der Waals surface area (Å²) < 4.78 is 2.41. The highest BCUT2D eigenvalue weighted by molar-refractivity contribution is 6.13. The molecule has 0 atom stereocenters. The molecule has 0 saturated heterocycles. The molecule has 0 unspecified atom stereocenters. The van der Waals surface area contributed by atoms with Crippen LogP contribution in [-0.4, -0.2) is 23.0 Å². The van der Waals surface area contributed by atoms with Crippen molar-refractivity contribution in [3.05, 3.63) is 221 Å². The molecule has 0 bridgehead atoms. The Bertz CT molecular complexity index is 3100. The van der Waals surface area contributed by atoms with Crippen LogP contribution in [0, 0.1) is 0 Å². The number of hydrogen-bond donors (Lipinski definition) is 0. The number of para-hydroxylation sites is 2. The SMILES string of the molecule is C=N/C(=N\C(=N/Cc1cccc2c1-c1ccc(-c3ccc4c(c3)Cc3ccc(-n5c6ccccc6c6ccccc65)cc3-4)cc1C2)c1ccccc1)c1ccccc1. The van der Waals surface area contributed by atoms with Gasteiger partial charge < -0.3 is 4.57 Å². The van der Waals surface area contributed by atoms with Gasteiger partial charge >= 0.3 is 0 Å². The van der Waals surface area contributed by atoms with Crippen LogP contribution in [0.4, 0.5) is 0 Å². The summed E-state index contributed by atoms with van der Waals surface area (Å²) in [4.78, 5) is 14.4. The lowest BCUT2D eigenvalue weighted by Gasteiger charge is -2.11. The van der Waals surface area contributed by atoms with Crippen molar-refractivity contribution < 1.29 is 0 Å². The van der Waals surface area contributed by atoms with Gasteiger partial charge in [0.05, 0.1) is 17.6 Å². The third-order valence-corrected chi connectivity index (χ3v) is 11.9. The van der Waals surface area contributed by atoms with E-state index < -0.39 is 0 Å². The Kier molecular flexibility index (Phi) is 8.14. The van der Waals surface area contributed by atoms with E-state index in [-0.39, 0.29) is 0 Å². The van der Waals surface area contributed by atoms with Crippen molar-refractivity contribution in [2.45, 2.75) is 19.4 Å². The third-order valence-electron chi connectivity index (χ3n) is 11.9. The molecule has 0 fully saturated rings. The van der Waals surface area contributed by atoms with E-state index in [0.717, 1.165) is 24.0 Å². The Hall–Kier alpha value is -7.43. The highest BCUT2D eigenvalue weighted by Gasteiger charge is 2.24. The van der Waals surface area contributed by atoms with Gasteiger partial charge in [-0.3, -0.25) is 4.99 Å². The van der Waals surface area contributed by atoms with E-state index >= 15 is 0 Å². The molecule has 1 aromatic heterocycles. The predicted molar refractivity (Wildman–Crippen MR) is 242 cm³/mol. The molecule has 4 heteroatoms. The van der Waals surface area contributed by atoms with Crippen molar-refractivity contribution in [2.24, 2.45) is 15.0 Å². The van der Waals surface area contributed by atoms with Crippen LogP contribution >= 0.6 is 0 Å². The first-order valence-corrected chi connectivity index (χ1v) is 19.9. The maximum atomic E-state index is 5.13. The summed E-state index contributed by atoms with van der Waals surface area (Å²) in [7, 11) is 0. The van der Waals surface area contributed by atoms with Gasteiger partial charge in [-0.15, -0.1) is 0 Å². The van der Waals surface area contributed by atoms with Gasteiger partial charge in [0.15, 0.2) is 11.7 Å². The van der Waals surface area contributed by atoms with Crippen LogP contribution in [0.15, 0.2) is 197 Å². The Balaban J connectivity index is 0.903. The van der Waals surface area contributed by atoms with E-state index in [1.807, 2.05) is 60.7 Å². The highest BCUT2D eigenvalue weighted by atomic mass is 15.0. The van der Waals surface area contributed by atoms with Gasteiger partial charge in [0.2, 0.25) is 0 Å². The van der Waals surface area contributed by atoms with Crippen molar-refractivity contribution in [1.82, 2.24) is 4.57 Å². The molecule has 58 heavy (non-hydrogen) atoms. The average molecular weight is 743 g/mol. The van der Waals surface area contributed by atoms with E-state index in [0.29, 0.717) is 18.2 Å². The molecule has 0 radical (unpaired) electrons. The van der Waals surface area contributed by atoms with E-state index in [1.54, 1.807) is 0 Å². The fourth-order valence-electron chi connectivity index (χ4n) is 9.16. The summed E-state index contributed by atoms with van der Waals surface area (Å²) in [5.41, 5.74) is 19.9. The van der Waals surface area contributed by atoms with Gasteiger partial charge in [-0.2, -0.15) is 0 Å². The van der Waals surface area contributed by atoms with Crippen LogP contribution in [0.5, 0.6) is 0 Å². The van der Waals surface area contributed by atoms with Gasteiger partial charge in [0, 0.05) is 27.6 Å². The third kappa shape index (κ3) is 5.72. The van der Waals surface area contributed by atoms with Crippen molar-refractivity contribution in [3.8, 4) is 39.1 Å². The van der Waals surface area contributed by atoms with E-state index in [9.17, 15) is 0 Å². The molecule has 0 spiro atoms. The molecule has 1 heterocycles. The number of nitrogens with zero attached hydrogens (tertiary/aromatic N) is 4. The zero-order valence-electron chi connectivity index (χ0n) is 31.9. The molecule has 11 rings (SSSR count). The molecule has 0 amide bonds. The number of rotatable bonds is 6. The minimum atomic E-state index is 0.501. The molecule has 2 aliphatic rings. The Labute approximate surface area is 337 Å². The summed E-state index contributed by atoms with van der Waals surface area (Å²) in [6, 6.07) is 65.2. The normalized spacial score (nSPS) is 13.0. The van der Waals surface area contributed by atoms with E-state index in [4.69, 9.17) is 9.98 Å². The van der Waals surface area contributed by atoms with Crippen molar-refractivity contribution in [1.29, 1.82) is 0 Å². The molecule has 9 aromatic rings. The second kappa shape index (κ2) is 13.9. The van der Waals surface area contributed by atoms with Crippen molar-refractivity contribution in [3.63, 3.8) is 0 Å². The molecule has 4 nitrogen and oxygen atoms in total. The summed E-state index contributed by atoms with van der Waals surface area (Å²) >= 11 is 0. The van der Waals surface area contributed by atoms with Crippen LogP contribution in [0.1, 0.15) is 38.9 Å². The van der Waals surface area contributed by atoms with E-state index in [1.165, 1.54) is 88.7 Å². The highest BCUT2D eigenvalue weighted by Crippen LogP contribution is 2.44. The Morgan fingerprint density at radius 2 is 1.09 bits per heavy atom. The maximum Gasteiger partial charge on any atom is 0.161 e. The standard InChI is InChI=1S/C54H38N4/c1-55-53(35-13-4-2-5-14-35)57-54(36-15-6-3-7-16-36)56-34-41-18-12-17-40-32-43-30-38(25-28-46(43)52(40)41)37-24-27-45-42(29-37)31-39-23-26-44(33-49(39)45)58-50-21-10-8-19-47(50)48-20-9-11-22-51(48)58/h2-30,33H,1,31-32,34H2/b56-54-,57-53-. The van der Waals surface area contributed by atoms with Crippen LogP contribution in [0.25, 0.3) is 60.9 Å². The van der Waals surface area contributed by atoms with Crippen molar-refractivity contribution >= 4 is 40.2 Å². The zero-order valence-corrected chi connectivity index (χ0v) is 31.9. The number of hydrogen-bond acceptors (Lipinski definition) is 1. The Morgan fingerprint density at radius 1 is 0.483 bits per heavy atom. The first-order chi connectivity index (χ1) is 28.7. The van der Waals surface area contributed by atoms with Gasteiger partial charge in [0.25, 0.3) is 0 Å². The quantitative estimate of drug-likeness (QED) is 0.120. The first-order valence-electron chi connectivity index (χ1n) is 19.9. The fraction of sp³-hybridized carbons (Fsp3) is 0.0556. The predicted octanol–water partition coefficient (Wildman–Crippen LogP) is 12.7. The minimum Gasteiger partial charge on any atom is -0.309 e. The van der Waals surface area contributed by atoms with Gasteiger partial charge in [0.1, 0.15) is 0 Å². The zero-order chi connectivity index (χ0) is 38.6. The molecule has 274 valence electrons. The number of aromatic nitrogens is 1. The number of fused-ring (bicyclic) bond motifs is 9. The molecule has 2 aliphatic carbocycles. The lowest BCUT2D eigenvalue weighted by atomic mass is 9.95. The molecule has 8 aromatic carbocycles. The summed E-state index contributed by atoms with van der Waals surface area (Å²) in [6.07, 6.45) is 1.84. The smallest absolute Gasteiger partial charge is 0.161 e. The lowest BCUT2D eigenvalue weighted by Crippen LogP contribution is -2.05. The van der Waals surface area contributed by atoms with E-state index in [2.05, 4.69) is 138 Å². The maximum absolute atomic E-state index is 5.13. The van der Waals surface area contributed by atoms with Crippen LogP contribution in [-0.2, 0) is 19.4 Å². The molecular weight excluding hydrogens is 705 g/mol. The van der Waals surface area contributed by atoms with Crippen molar-refractivity contribution in [2.75, 3.05) is 0 Å². The number of benzene rings is 8. The minimum absolute atomic E-state index is 0.501. The summed E-state index contributed by atoms with van der Waals surface area (Å²) in [5, 5.41) is 2.57. The second-order valence-corrected chi connectivity index (χ2v) is 15.2. The first kappa shape index (κ1) is 33.9. The van der Waals surface area contributed by atoms with Crippen LogP contribution < -0.4 is 0 Å². The number of amidine groups is 2. The molecule has 0 aliphatic heterocycles. The summed E-state index contributed by atoms with van der Waals surface area (Å²) in [6.45, 7) is 4.32. The second-order valence-electron chi connectivity index (χ2n) is 15.2. The summed E-state index contributed by atoms with van der Waals surface area (Å²) in [5.74, 6) is 1.19. The van der Waals surface area contributed by atoms with Gasteiger partial charge in [-0.25, -0.2) is 9.98 Å². The largest absolute Gasteiger partial charge is 0.309 e. The van der Waals surface area contributed by atoms with Crippen LogP contribution in [0.3, 0.4) is 0 Å². The number of aliphatic imine (C=N–C) groups is 3. The molecular formula is C54H38N4. The molecule has 0 N–H and O–H groups in total.